The predicted octanol–water partition coefficient (Wildman–Crippen LogP) is 7.21. The topological polar surface area (TPSA) is 123 Å². The Kier molecular flexibility index (Phi) is 19.6. The molecule has 52 heavy (non-hydrogen) atoms. The number of carbonyl (C=O) groups excluding carboxylic acids is 1. The van der Waals surface area contributed by atoms with E-state index in [1.165, 1.54) is 12.1 Å². The fourth-order valence-corrected chi connectivity index (χ4v) is 4.74. The second kappa shape index (κ2) is 20.9. The smallest absolute Gasteiger partial charge is 0.421 e. The summed E-state index contributed by atoms with van der Waals surface area (Å²) in [6.45, 7) is 21.4. The molecule has 3 rings (SSSR count). The van der Waals surface area contributed by atoms with E-state index >= 15 is 0 Å². The number of aromatic carboxylic acids is 1. The number of ether oxygens (including phenoxy) is 1. The SMILES string of the molecule is CC(C)N(C(=O)c1ccc(C(C)(O)C(F)(F)F)cc1)C(C)C.CC(C)NC(C)C.CC(O)(c1ccc(C(=O)O)cc1)C(F)(F)F.CN1CCOCC1. The highest BCUT2D eigenvalue weighted by molar-refractivity contribution is 5.94. The third kappa shape index (κ3) is 15.8. The monoisotopic (exact) mass is 753 g/mol. The van der Waals surface area contributed by atoms with Crippen LogP contribution in [0.25, 0.3) is 0 Å². The molecular weight excluding hydrogens is 696 g/mol. The van der Waals surface area contributed by atoms with E-state index in [9.17, 15) is 46.1 Å². The Bertz CT molecular complexity index is 1320. The molecule has 0 spiro atoms. The number of alkyl halides is 6. The Morgan fingerprint density at radius 3 is 1.23 bits per heavy atom. The standard InChI is InChI=1S/C16H22F3NO2.C10H9F3O3.C6H15N.C5H11NO/c1-10(2)20(11(3)4)14(21)12-6-8-13(9-7-12)15(5,22)16(17,18)19;1-9(16,10(11,12)13)7-4-2-6(3-5-7)8(14)15;1-5(2)7-6(3)4;1-6-2-4-7-5-3-6/h6-11,22H,1-5H3;2-5,16H,1H3,(H,14,15);5-7H,1-4H3;2-5H2,1H3. The molecule has 2 atom stereocenters. The Morgan fingerprint density at radius 1 is 0.692 bits per heavy atom. The molecule has 1 aliphatic heterocycles. The van der Waals surface area contributed by atoms with Gasteiger partial charge in [-0.25, -0.2) is 4.79 Å². The van der Waals surface area contributed by atoms with Gasteiger partial charge in [-0.2, -0.15) is 26.3 Å². The molecule has 1 aliphatic rings. The third-order valence-corrected chi connectivity index (χ3v) is 7.74. The van der Waals surface area contributed by atoms with Gasteiger partial charge < -0.3 is 35.2 Å². The van der Waals surface area contributed by atoms with Crippen LogP contribution < -0.4 is 5.32 Å². The first-order valence-electron chi connectivity index (χ1n) is 16.9. The lowest BCUT2D eigenvalue weighted by molar-refractivity contribution is -0.259. The third-order valence-electron chi connectivity index (χ3n) is 7.74. The second-order valence-electron chi connectivity index (χ2n) is 13.9. The van der Waals surface area contributed by atoms with Crippen LogP contribution in [0.1, 0.15) is 101 Å². The average molecular weight is 754 g/mol. The number of likely N-dealkylation sites (N-methyl/N-ethyl adjacent to an activating group) is 1. The number of carboxylic acid groups (broad SMARTS) is 1. The van der Waals surface area contributed by atoms with Crippen molar-refractivity contribution in [2.45, 2.75) is 117 Å². The first-order chi connectivity index (χ1) is 23.6. The van der Waals surface area contributed by atoms with Crippen LogP contribution in [-0.2, 0) is 15.9 Å². The fourth-order valence-electron chi connectivity index (χ4n) is 4.74. The minimum absolute atomic E-state index is 0.0227. The van der Waals surface area contributed by atoms with Crippen LogP contribution in [0.4, 0.5) is 26.3 Å². The van der Waals surface area contributed by atoms with Gasteiger partial charge in [-0.15, -0.1) is 0 Å². The molecule has 4 N–H and O–H groups in total. The van der Waals surface area contributed by atoms with Crippen molar-refractivity contribution in [3.05, 3.63) is 70.8 Å². The zero-order chi connectivity index (χ0) is 40.8. The van der Waals surface area contributed by atoms with Crippen molar-refractivity contribution in [3.8, 4) is 0 Å². The van der Waals surface area contributed by atoms with Crippen molar-refractivity contribution >= 4 is 11.9 Å². The Hall–Kier alpha value is -3.24. The number of halogens is 6. The number of nitrogens with one attached hydrogen (secondary N) is 1. The summed E-state index contributed by atoms with van der Waals surface area (Å²) < 4.78 is 80.7. The summed E-state index contributed by atoms with van der Waals surface area (Å²) >= 11 is 0. The fraction of sp³-hybridized carbons (Fsp3) is 0.622. The first-order valence-corrected chi connectivity index (χ1v) is 16.9. The van der Waals surface area contributed by atoms with E-state index in [1.54, 1.807) is 4.90 Å². The van der Waals surface area contributed by atoms with Gasteiger partial charge in [0, 0.05) is 42.8 Å². The number of rotatable bonds is 8. The lowest BCUT2D eigenvalue weighted by Crippen LogP contribution is -2.42. The Balaban J connectivity index is 0.000000748. The predicted molar refractivity (Wildman–Crippen MR) is 189 cm³/mol. The van der Waals surface area contributed by atoms with Crippen LogP contribution in [0.2, 0.25) is 0 Å². The molecular formula is C37H57F6N3O6. The van der Waals surface area contributed by atoms with Gasteiger partial charge in [0.1, 0.15) is 0 Å². The summed E-state index contributed by atoms with van der Waals surface area (Å²) in [4.78, 5) is 26.8. The summed E-state index contributed by atoms with van der Waals surface area (Å²) in [7, 11) is 2.11. The summed E-state index contributed by atoms with van der Waals surface area (Å²) in [5, 5.41) is 30.8. The highest BCUT2D eigenvalue weighted by Gasteiger charge is 2.52. The summed E-state index contributed by atoms with van der Waals surface area (Å²) in [5.74, 6) is -1.48. The van der Waals surface area contributed by atoms with Crippen LogP contribution in [0.5, 0.6) is 0 Å². The molecule has 1 heterocycles. The lowest BCUT2D eigenvalue weighted by Gasteiger charge is -2.31. The highest BCUT2D eigenvalue weighted by atomic mass is 19.4. The molecule has 15 heteroatoms. The molecule has 9 nitrogen and oxygen atoms in total. The minimum Gasteiger partial charge on any atom is -0.478 e. The molecule has 0 radical (unpaired) electrons. The van der Waals surface area contributed by atoms with E-state index in [-0.39, 0.29) is 29.1 Å². The average Bonchev–Trinajstić information content (AvgIpc) is 3.00. The van der Waals surface area contributed by atoms with Crippen molar-refractivity contribution in [3.63, 3.8) is 0 Å². The Labute approximate surface area is 304 Å². The summed E-state index contributed by atoms with van der Waals surface area (Å²) in [5.41, 5.74) is -6.46. The van der Waals surface area contributed by atoms with Gasteiger partial charge in [-0.1, -0.05) is 52.0 Å². The van der Waals surface area contributed by atoms with E-state index in [0.717, 1.165) is 62.7 Å². The summed E-state index contributed by atoms with van der Waals surface area (Å²) in [6.07, 6.45) is -9.59. The van der Waals surface area contributed by atoms with Crippen LogP contribution in [0, 0.1) is 0 Å². The van der Waals surface area contributed by atoms with Gasteiger partial charge in [-0.3, -0.25) is 4.79 Å². The molecule has 2 aromatic carbocycles. The number of carboxylic acids is 1. The number of benzene rings is 2. The molecule has 1 amide bonds. The van der Waals surface area contributed by atoms with Crippen LogP contribution >= 0.6 is 0 Å². The van der Waals surface area contributed by atoms with Gasteiger partial charge in [-0.05, 0) is 84.0 Å². The molecule has 2 unspecified atom stereocenters. The minimum atomic E-state index is -4.81. The molecule has 298 valence electrons. The van der Waals surface area contributed by atoms with E-state index in [4.69, 9.17) is 9.84 Å². The van der Waals surface area contributed by atoms with Crippen LogP contribution in [-0.4, -0.2) is 107 Å². The molecule has 0 saturated carbocycles. The van der Waals surface area contributed by atoms with Crippen molar-refractivity contribution in [1.29, 1.82) is 0 Å². The molecule has 0 aliphatic carbocycles. The van der Waals surface area contributed by atoms with Gasteiger partial charge >= 0.3 is 18.3 Å². The molecule has 1 saturated heterocycles. The van der Waals surface area contributed by atoms with Crippen LogP contribution in [0.15, 0.2) is 48.5 Å². The summed E-state index contributed by atoms with van der Waals surface area (Å²) in [6, 6.07) is 10.0. The first kappa shape index (κ1) is 48.8. The quantitative estimate of drug-likeness (QED) is 0.209. The second-order valence-corrected chi connectivity index (χ2v) is 13.9. The molecule has 0 bridgehead atoms. The van der Waals surface area contributed by atoms with Gasteiger partial charge in [0.15, 0.2) is 11.2 Å². The molecule has 1 fully saturated rings. The van der Waals surface area contributed by atoms with Gasteiger partial charge in [0.25, 0.3) is 5.91 Å². The maximum absolute atomic E-state index is 12.8. The van der Waals surface area contributed by atoms with E-state index in [1.807, 2.05) is 27.7 Å². The van der Waals surface area contributed by atoms with E-state index in [2.05, 4.69) is 45.0 Å². The number of morpholine rings is 1. The van der Waals surface area contributed by atoms with Crippen LogP contribution in [0.3, 0.4) is 0 Å². The number of amides is 1. The molecule has 2 aromatic rings. The van der Waals surface area contributed by atoms with Crippen molar-refractivity contribution in [1.82, 2.24) is 15.1 Å². The van der Waals surface area contributed by atoms with Crippen molar-refractivity contribution in [2.24, 2.45) is 0 Å². The van der Waals surface area contributed by atoms with Gasteiger partial charge in [0.2, 0.25) is 0 Å². The number of hydrogen-bond acceptors (Lipinski definition) is 7. The van der Waals surface area contributed by atoms with E-state index in [0.29, 0.717) is 31.5 Å². The normalized spacial score (nSPS) is 16.1. The number of hydrogen-bond donors (Lipinski definition) is 4. The van der Waals surface area contributed by atoms with Crippen molar-refractivity contribution in [2.75, 3.05) is 33.4 Å². The zero-order valence-electron chi connectivity index (χ0n) is 32.0. The number of nitrogens with zero attached hydrogens (tertiary/aromatic N) is 2. The van der Waals surface area contributed by atoms with Crippen molar-refractivity contribution < 1.29 is 56.0 Å². The number of aliphatic hydroxyl groups is 2. The number of carbonyl (C=O) groups is 2. The zero-order valence-corrected chi connectivity index (χ0v) is 32.0. The maximum atomic E-state index is 12.8. The molecule has 0 aromatic heterocycles. The Morgan fingerprint density at radius 2 is 1.02 bits per heavy atom. The largest absolute Gasteiger partial charge is 0.478 e. The van der Waals surface area contributed by atoms with E-state index < -0.39 is 35.1 Å². The highest BCUT2D eigenvalue weighted by Crippen LogP contribution is 2.39. The van der Waals surface area contributed by atoms with Gasteiger partial charge in [0.05, 0.1) is 18.8 Å². The lowest BCUT2D eigenvalue weighted by atomic mass is 9.94. The maximum Gasteiger partial charge on any atom is 0.421 e.